The van der Waals surface area contributed by atoms with Gasteiger partial charge in [0.2, 0.25) is 0 Å². The number of nitrogens with zero attached hydrogens (tertiary/aromatic N) is 3. The summed E-state index contributed by atoms with van der Waals surface area (Å²) in [5.74, 6) is 0. The number of pyridine rings is 1. The summed E-state index contributed by atoms with van der Waals surface area (Å²) in [6, 6.07) is 5.43. The van der Waals surface area contributed by atoms with Gasteiger partial charge in [0.25, 0.3) is 0 Å². The molecule has 60 valence electrons. The highest BCUT2D eigenvalue weighted by Crippen LogP contribution is 2.12. The van der Waals surface area contributed by atoms with Gasteiger partial charge < -0.3 is 0 Å². The van der Waals surface area contributed by atoms with Crippen molar-refractivity contribution in [3.8, 4) is 5.69 Å². The van der Waals surface area contributed by atoms with Gasteiger partial charge in [0.15, 0.2) is 0 Å². The first-order valence-electron chi connectivity index (χ1n) is 3.48. The van der Waals surface area contributed by atoms with Crippen molar-refractivity contribution in [2.24, 2.45) is 0 Å². The molecule has 0 N–H and O–H groups in total. The molecule has 2 rings (SSSR count). The third-order valence-corrected chi connectivity index (χ3v) is 1.79. The van der Waals surface area contributed by atoms with Crippen molar-refractivity contribution in [3.05, 3.63) is 41.9 Å². The van der Waals surface area contributed by atoms with Crippen molar-refractivity contribution >= 4 is 11.6 Å². The van der Waals surface area contributed by atoms with E-state index in [1.54, 1.807) is 29.3 Å². The van der Waals surface area contributed by atoms with Crippen molar-refractivity contribution in [1.82, 2.24) is 14.8 Å². The lowest BCUT2D eigenvalue weighted by Crippen LogP contribution is -1.95. The topological polar surface area (TPSA) is 30.7 Å². The van der Waals surface area contributed by atoms with Crippen LogP contribution in [0.15, 0.2) is 36.8 Å². The molecule has 0 aliphatic rings. The zero-order chi connectivity index (χ0) is 8.39. The van der Waals surface area contributed by atoms with Crippen LogP contribution < -0.4 is 0 Å². The molecule has 3 nitrogen and oxygen atoms in total. The first kappa shape index (κ1) is 7.31. The van der Waals surface area contributed by atoms with E-state index in [1.807, 2.05) is 12.1 Å². The number of rotatable bonds is 1. The second-order valence-corrected chi connectivity index (χ2v) is 2.66. The van der Waals surface area contributed by atoms with E-state index in [0.717, 1.165) is 5.69 Å². The Morgan fingerprint density at radius 3 is 2.42 bits per heavy atom. The first-order valence-corrected chi connectivity index (χ1v) is 3.85. The number of hydrogen-bond donors (Lipinski definition) is 0. The van der Waals surface area contributed by atoms with Crippen LogP contribution in [0.25, 0.3) is 5.69 Å². The fourth-order valence-electron chi connectivity index (χ4n) is 0.963. The van der Waals surface area contributed by atoms with Crippen molar-refractivity contribution in [2.75, 3.05) is 0 Å². The summed E-state index contributed by atoms with van der Waals surface area (Å²) >= 11 is 5.85. The Labute approximate surface area is 74.6 Å². The van der Waals surface area contributed by atoms with Crippen molar-refractivity contribution in [2.45, 2.75) is 0 Å². The fourth-order valence-corrected chi connectivity index (χ4v) is 1.16. The molecule has 0 fully saturated rings. The van der Waals surface area contributed by atoms with Crippen LogP contribution in [-0.4, -0.2) is 14.8 Å². The molecule has 0 saturated heterocycles. The van der Waals surface area contributed by atoms with Gasteiger partial charge in [-0.2, -0.15) is 5.10 Å². The Balaban J connectivity index is 2.51. The zero-order valence-corrected chi connectivity index (χ0v) is 6.94. The summed E-state index contributed by atoms with van der Waals surface area (Å²) in [6.07, 6.45) is 5.06. The Morgan fingerprint density at radius 2 is 1.83 bits per heavy atom. The van der Waals surface area contributed by atoms with Crippen LogP contribution in [-0.2, 0) is 0 Å². The number of halogens is 1. The third kappa shape index (κ3) is 1.19. The molecule has 0 unspecified atom stereocenters. The summed E-state index contributed by atoms with van der Waals surface area (Å²) < 4.78 is 1.64. The van der Waals surface area contributed by atoms with E-state index in [0.29, 0.717) is 5.15 Å². The van der Waals surface area contributed by atoms with Crippen LogP contribution in [0.5, 0.6) is 0 Å². The van der Waals surface area contributed by atoms with Gasteiger partial charge in [-0.05, 0) is 18.2 Å². The van der Waals surface area contributed by atoms with E-state index >= 15 is 0 Å². The third-order valence-electron chi connectivity index (χ3n) is 1.50. The molecule has 2 aromatic rings. The molecule has 12 heavy (non-hydrogen) atoms. The molecular formula is C8H6ClN3. The van der Waals surface area contributed by atoms with Crippen molar-refractivity contribution < 1.29 is 0 Å². The number of hydrogen-bond acceptors (Lipinski definition) is 2. The predicted octanol–water partition coefficient (Wildman–Crippen LogP) is 1.92. The van der Waals surface area contributed by atoms with E-state index in [4.69, 9.17) is 11.6 Å². The molecule has 2 heterocycles. The van der Waals surface area contributed by atoms with Gasteiger partial charge in [-0.3, -0.25) is 4.98 Å². The maximum absolute atomic E-state index is 5.85. The molecule has 0 aromatic carbocycles. The molecule has 0 amide bonds. The molecular weight excluding hydrogens is 174 g/mol. The Hall–Kier alpha value is -1.35. The predicted molar refractivity (Wildman–Crippen MR) is 46.4 cm³/mol. The van der Waals surface area contributed by atoms with Crippen LogP contribution in [0.2, 0.25) is 5.15 Å². The van der Waals surface area contributed by atoms with Gasteiger partial charge in [0, 0.05) is 12.4 Å². The van der Waals surface area contributed by atoms with E-state index < -0.39 is 0 Å². The highest BCUT2D eigenvalue weighted by atomic mass is 35.5. The Kier molecular flexibility index (Phi) is 1.80. The van der Waals surface area contributed by atoms with Gasteiger partial charge in [-0.25, -0.2) is 4.68 Å². The van der Waals surface area contributed by atoms with E-state index in [2.05, 4.69) is 10.1 Å². The van der Waals surface area contributed by atoms with Crippen molar-refractivity contribution in [3.63, 3.8) is 0 Å². The number of aromatic nitrogens is 3. The SMILES string of the molecule is Clc1ccnn1-c1ccncc1. The minimum Gasteiger partial charge on any atom is -0.265 e. The maximum Gasteiger partial charge on any atom is 0.132 e. The highest BCUT2D eigenvalue weighted by molar-refractivity contribution is 6.29. The van der Waals surface area contributed by atoms with Gasteiger partial charge in [-0.1, -0.05) is 11.6 Å². The molecule has 0 atom stereocenters. The van der Waals surface area contributed by atoms with Crippen LogP contribution >= 0.6 is 11.6 Å². The van der Waals surface area contributed by atoms with Gasteiger partial charge in [-0.15, -0.1) is 0 Å². The Bertz CT molecular complexity index is 369. The molecule has 0 bridgehead atoms. The smallest absolute Gasteiger partial charge is 0.132 e. The van der Waals surface area contributed by atoms with Gasteiger partial charge in [0.1, 0.15) is 5.15 Å². The normalized spacial score (nSPS) is 10.1. The lowest BCUT2D eigenvalue weighted by Gasteiger charge is -2.00. The van der Waals surface area contributed by atoms with E-state index in [9.17, 15) is 0 Å². The maximum atomic E-state index is 5.85. The van der Waals surface area contributed by atoms with Crippen LogP contribution in [0.3, 0.4) is 0 Å². The summed E-state index contributed by atoms with van der Waals surface area (Å²) in [5, 5.41) is 4.64. The van der Waals surface area contributed by atoms with Crippen LogP contribution in [0, 0.1) is 0 Å². The molecule has 2 aromatic heterocycles. The fraction of sp³-hybridized carbons (Fsp3) is 0. The largest absolute Gasteiger partial charge is 0.265 e. The van der Waals surface area contributed by atoms with Gasteiger partial charge in [0.05, 0.1) is 11.9 Å². The molecule has 0 aliphatic heterocycles. The zero-order valence-electron chi connectivity index (χ0n) is 6.18. The highest BCUT2D eigenvalue weighted by Gasteiger charge is 1.99. The Morgan fingerprint density at radius 1 is 1.08 bits per heavy atom. The minimum atomic E-state index is 0.598. The van der Waals surface area contributed by atoms with Crippen LogP contribution in [0.4, 0.5) is 0 Å². The lowest BCUT2D eigenvalue weighted by atomic mass is 10.4. The van der Waals surface area contributed by atoms with Crippen molar-refractivity contribution in [1.29, 1.82) is 0 Å². The van der Waals surface area contributed by atoms with Crippen LogP contribution in [0.1, 0.15) is 0 Å². The molecule has 4 heteroatoms. The average molecular weight is 180 g/mol. The second-order valence-electron chi connectivity index (χ2n) is 2.27. The van der Waals surface area contributed by atoms with Gasteiger partial charge >= 0.3 is 0 Å². The molecule has 0 radical (unpaired) electrons. The molecule has 0 aliphatic carbocycles. The summed E-state index contributed by atoms with van der Waals surface area (Å²) in [7, 11) is 0. The second kappa shape index (κ2) is 2.95. The standard InChI is InChI=1S/C8H6ClN3/c9-8-3-6-11-12(8)7-1-4-10-5-2-7/h1-6H. The summed E-state index contributed by atoms with van der Waals surface area (Å²) in [6.45, 7) is 0. The monoisotopic (exact) mass is 179 g/mol. The summed E-state index contributed by atoms with van der Waals surface area (Å²) in [4.78, 5) is 3.90. The molecule has 0 saturated carbocycles. The first-order chi connectivity index (χ1) is 5.88. The minimum absolute atomic E-state index is 0.598. The lowest BCUT2D eigenvalue weighted by molar-refractivity contribution is 0.878. The average Bonchev–Trinajstić information content (AvgIpc) is 2.53. The summed E-state index contributed by atoms with van der Waals surface area (Å²) in [5.41, 5.74) is 0.917. The quantitative estimate of drug-likeness (QED) is 0.670. The van der Waals surface area contributed by atoms with E-state index in [1.165, 1.54) is 0 Å². The van der Waals surface area contributed by atoms with E-state index in [-0.39, 0.29) is 0 Å². The molecule has 0 spiro atoms.